The third-order valence-corrected chi connectivity index (χ3v) is 9.21. The molecule has 4 rings (SSSR count). The molecular weight excluding hydrogens is 654 g/mol. The molecule has 2 heterocycles. The van der Waals surface area contributed by atoms with E-state index in [1.807, 2.05) is 30.3 Å². The predicted octanol–water partition coefficient (Wildman–Crippen LogP) is 3.48. The molecule has 13 nitrogen and oxygen atoms in total. The number of hydrogen-bond acceptors (Lipinski definition) is 11. The van der Waals surface area contributed by atoms with Crippen LogP contribution in [0, 0.1) is 0 Å². The van der Waals surface area contributed by atoms with Gasteiger partial charge in [-0.2, -0.15) is 0 Å². The van der Waals surface area contributed by atoms with Crippen LogP contribution in [0.5, 0.6) is 0 Å². The fourth-order valence-corrected chi connectivity index (χ4v) is 6.28. The first kappa shape index (κ1) is 39.2. The van der Waals surface area contributed by atoms with E-state index >= 15 is 0 Å². The number of nitrogens with zero attached hydrogens (tertiary/aromatic N) is 1. The monoisotopic (exact) mass is 707 g/mol. The van der Waals surface area contributed by atoms with Crippen LogP contribution in [0.1, 0.15) is 12.8 Å². The maximum atomic E-state index is 13.2. The second-order valence-electron chi connectivity index (χ2n) is 11.3. The lowest BCUT2D eigenvalue weighted by Crippen LogP contribution is -2.28. The van der Waals surface area contributed by atoms with E-state index in [9.17, 15) is 8.42 Å². The van der Waals surface area contributed by atoms with Crippen molar-refractivity contribution < 1.29 is 46.3 Å². The van der Waals surface area contributed by atoms with Gasteiger partial charge in [0.1, 0.15) is 0 Å². The third kappa shape index (κ3) is 14.3. The van der Waals surface area contributed by atoms with E-state index in [1.165, 1.54) is 0 Å². The minimum Gasteiger partial charge on any atom is -0.382 e. The van der Waals surface area contributed by atoms with Crippen molar-refractivity contribution in [3.05, 3.63) is 48.5 Å². The first-order valence-electron chi connectivity index (χ1n) is 17.1. The summed E-state index contributed by atoms with van der Waals surface area (Å²) >= 11 is 0. The Morgan fingerprint density at radius 3 is 1.69 bits per heavy atom. The molecule has 3 aromatic rings. The summed E-state index contributed by atoms with van der Waals surface area (Å²) < 4.78 is 72.2. The third-order valence-electron chi connectivity index (χ3n) is 7.75. The van der Waals surface area contributed by atoms with Crippen LogP contribution in [-0.2, 0) is 47.9 Å². The average molecular weight is 708 g/mol. The highest BCUT2D eigenvalue weighted by Gasteiger charge is 2.22. The molecule has 0 saturated carbocycles. The van der Waals surface area contributed by atoms with Crippen LogP contribution in [0.4, 0.5) is 5.69 Å². The molecule has 1 fully saturated rings. The number of aromatic nitrogens is 1. The molecule has 2 N–H and O–H groups in total. The number of H-pyrrole nitrogens is 1. The molecule has 0 radical (unpaired) electrons. The van der Waals surface area contributed by atoms with E-state index in [2.05, 4.69) is 20.7 Å². The summed E-state index contributed by atoms with van der Waals surface area (Å²) in [5.41, 5.74) is 3.84. The van der Waals surface area contributed by atoms with Gasteiger partial charge in [0.2, 0.25) is 10.0 Å². The number of para-hydroxylation sites is 1. The number of hydrogen-bond donors (Lipinski definition) is 2. The van der Waals surface area contributed by atoms with Crippen molar-refractivity contribution >= 4 is 26.6 Å². The van der Waals surface area contributed by atoms with Crippen LogP contribution in [0.15, 0.2) is 53.4 Å². The standard InChI is InChI=1S/C35H53N3O10S/c1-41-14-15-43-18-19-45-22-23-47-26-27-48-25-24-46-21-20-44-17-16-42-13-10-36-49(39,40)31-8-9-35(38-11-4-5-12-38)32(29-31)34-28-30-6-2-3-7-33(30)37-34/h2-3,6-9,28-29,36-37H,4-5,10-27H2,1H3. The van der Waals surface area contributed by atoms with E-state index in [0.717, 1.165) is 53.8 Å². The van der Waals surface area contributed by atoms with Crippen LogP contribution >= 0.6 is 0 Å². The highest BCUT2D eigenvalue weighted by molar-refractivity contribution is 7.89. The second-order valence-corrected chi connectivity index (χ2v) is 13.1. The molecule has 1 saturated heterocycles. The quantitative estimate of drug-likeness (QED) is 0.107. The largest absolute Gasteiger partial charge is 0.382 e. The number of fused-ring (bicyclic) bond motifs is 1. The summed E-state index contributed by atoms with van der Waals surface area (Å²) in [6.07, 6.45) is 2.26. The lowest BCUT2D eigenvalue weighted by Gasteiger charge is -2.22. The van der Waals surface area contributed by atoms with Crippen molar-refractivity contribution in [3.8, 4) is 11.3 Å². The lowest BCUT2D eigenvalue weighted by molar-refractivity contribution is -0.0219. The van der Waals surface area contributed by atoms with Gasteiger partial charge < -0.3 is 47.8 Å². The Bertz CT molecular complexity index is 1400. The Hall–Kier alpha value is -2.63. The summed E-state index contributed by atoms with van der Waals surface area (Å²) in [6, 6.07) is 15.5. The minimum atomic E-state index is -3.73. The molecule has 1 aliphatic rings. The van der Waals surface area contributed by atoms with E-state index in [-0.39, 0.29) is 18.0 Å². The highest BCUT2D eigenvalue weighted by Crippen LogP contribution is 2.36. The molecule has 0 atom stereocenters. The SMILES string of the molecule is COCCOCCOCCOCCOCCOCCOCCOCCNS(=O)(=O)c1ccc(N2CCCC2)c(-c2cc3ccccc3[nH]2)c1. The zero-order valence-corrected chi connectivity index (χ0v) is 29.5. The fourth-order valence-electron chi connectivity index (χ4n) is 5.25. The maximum Gasteiger partial charge on any atom is 0.240 e. The van der Waals surface area contributed by atoms with Gasteiger partial charge in [-0.3, -0.25) is 0 Å². The van der Waals surface area contributed by atoms with Crippen molar-refractivity contribution in [2.75, 3.05) is 131 Å². The first-order valence-corrected chi connectivity index (χ1v) is 18.6. The molecule has 2 aromatic carbocycles. The lowest BCUT2D eigenvalue weighted by atomic mass is 10.1. The van der Waals surface area contributed by atoms with Crippen molar-refractivity contribution in [1.82, 2.24) is 9.71 Å². The van der Waals surface area contributed by atoms with E-state index in [0.29, 0.717) is 92.5 Å². The molecule has 0 amide bonds. The molecule has 1 aromatic heterocycles. The number of ether oxygens (including phenoxy) is 8. The van der Waals surface area contributed by atoms with Crippen LogP contribution in [-0.4, -0.2) is 139 Å². The Morgan fingerprint density at radius 2 is 1.16 bits per heavy atom. The Kier molecular flexibility index (Phi) is 18.4. The number of rotatable bonds is 28. The van der Waals surface area contributed by atoms with E-state index < -0.39 is 10.0 Å². The van der Waals surface area contributed by atoms with Gasteiger partial charge in [0.15, 0.2) is 0 Å². The van der Waals surface area contributed by atoms with Gasteiger partial charge in [0, 0.05) is 54.6 Å². The van der Waals surface area contributed by atoms with Crippen molar-refractivity contribution in [1.29, 1.82) is 0 Å². The van der Waals surface area contributed by atoms with Crippen LogP contribution in [0.2, 0.25) is 0 Å². The van der Waals surface area contributed by atoms with Gasteiger partial charge in [-0.15, -0.1) is 0 Å². The van der Waals surface area contributed by atoms with Gasteiger partial charge >= 0.3 is 0 Å². The highest BCUT2D eigenvalue weighted by atomic mass is 32.2. The molecule has 0 aliphatic carbocycles. The van der Waals surface area contributed by atoms with Gasteiger partial charge in [0.05, 0.1) is 104 Å². The molecule has 0 spiro atoms. The maximum absolute atomic E-state index is 13.2. The fraction of sp³-hybridized carbons (Fsp3) is 0.600. The Labute approximate surface area is 290 Å². The van der Waals surface area contributed by atoms with Gasteiger partial charge in [-0.05, 0) is 43.2 Å². The zero-order valence-electron chi connectivity index (χ0n) is 28.7. The number of anilines is 1. The number of sulfonamides is 1. The summed E-state index contributed by atoms with van der Waals surface area (Å²) in [7, 11) is -2.09. The second kappa shape index (κ2) is 23.0. The number of benzene rings is 2. The summed E-state index contributed by atoms with van der Waals surface area (Å²) in [6.45, 7) is 9.13. The van der Waals surface area contributed by atoms with Crippen molar-refractivity contribution in [2.45, 2.75) is 17.7 Å². The van der Waals surface area contributed by atoms with Crippen molar-refractivity contribution in [3.63, 3.8) is 0 Å². The van der Waals surface area contributed by atoms with Gasteiger partial charge in [0.25, 0.3) is 0 Å². The van der Waals surface area contributed by atoms with Crippen LogP contribution < -0.4 is 9.62 Å². The molecule has 49 heavy (non-hydrogen) atoms. The summed E-state index contributed by atoms with van der Waals surface area (Å²) in [5, 5.41) is 1.09. The van der Waals surface area contributed by atoms with E-state index in [4.69, 9.17) is 37.9 Å². The normalized spacial score (nSPS) is 13.6. The Balaban J connectivity index is 1.01. The predicted molar refractivity (Wildman–Crippen MR) is 188 cm³/mol. The summed E-state index contributed by atoms with van der Waals surface area (Å²) in [4.78, 5) is 6.02. The van der Waals surface area contributed by atoms with E-state index in [1.54, 1.807) is 19.2 Å². The smallest absolute Gasteiger partial charge is 0.240 e. The molecule has 274 valence electrons. The molecule has 0 unspecified atom stereocenters. The molecule has 1 aliphatic heterocycles. The van der Waals surface area contributed by atoms with Crippen LogP contribution in [0.3, 0.4) is 0 Å². The van der Waals surface area contributed by atoms with Gasteiger partial charge in [-0.1, -0.05) is 18.2 Å². The first-order chi connectivity index (χ1) is 24.1. The van der Waals surface area contributed by atoms with Crippen molar-refractivity contribution in [2.24, 2.45) is 0 Å². The molecule has 14 heteroatoms. The Morgan fingerprint density at radius 1 is 0.653 bits per heavy atom. The minimum absolute atomic E-state index is 0.158. The zero-order chi connectivity index (χ0) is 34.4. The molecular formula is C35H53N3O10S. The number of methoxy groups -OCH3 is 1. The average Bonchev–Trinajstić information content (AvgIpc) is 3.81. The number of aromatic amines is 1. The summed E-state index contributed by atoms with van der Waals surface area (Å²) in [5.74, 6) is 0. The van der Waals surface area contributed by atoms with Crippen LogP contribution in [0.25, 0.3) is 22.2 Å². The topological polar surface area (TPSA) is 139 Å². The van der Waals surface area contributed by atoms with Gasteiger partial charge in [-0.25, -0.2) is 13.1 Å². The molecule has 0 bridgehead atoms. The number of nitrogens with one attached hydrogen (secondary N) is 2.